The van der Waals surface area contributed by atoms with E-state index in [1.54, 1.807) is 18.3 Å². The van der Waals surface area contributed by atoms with E-state index < -0.39 is 18.5 Å². The number of nitrogens with one attached hydrogen (secondary N) is 1. The number of amides is 2. The molecule has 2 aromatic rings. The number of rotatable bonds is 9. The van der Waals surface area contributed by atoms with Gasteiger partial charge in [-0.2, -0.15) is 0 Å². The molecule has 7 nitrogen and oxygen atoms in total. The van der Waals surface area contributed by atoms with Gasteiger partial charge in [-0.3, -0.25) is 9.59 Å². The van der Waals surface area contributed by atoms with E-state index in [0.717, 1.165) is 16.9 Å². The van der Waals surface area contributed by atoms with Gasteiger partial charge in [-0.15, -0.1) is 0 Å². The molecule has 29 heavy (non-hydrogen) atoms. The first-order chi connectivity index (χ1) is 13.9. The summed E-state index contributed by atoms with van der Waals surface area (Å²) < 4.78 is 5.16. The molecule has 1 aromatic carbocycles. The first-order valence-corrected chi connectivity index (χ1v) is 10.1. The van der Waals surface area contributed by atoms with Gasteiger partial charge in [-0.25, -0.2) is 9.78 Å². The lowest BCUT2D eigenvalue weighted by Gasteiger charge is -2.16. The second-order valence-electron chi connectivity index (χ2n) is 6.45. The number of aromatic nitrogens is 1. The summed E-state index contributed by atoms with van der Waals surface area (Å²) in [5.41, 5.74) is 1.43. The Hall–Kier alpha value is -2.87. The van der Waals surface area contributed by atoms with Crippen LogP contribution in [0, 0.1) is 6.92 Å². The predicted octanol–water partition coefficient (Wildman–Crippen LogP) is 2.68. The third kappa shape index (κ3) is 7.23. The lowest BCUT2D eigenvalue weighted by molar-refractivity contribution is -0.137. The summed E-state index contributed by atoms with van der Waals surface area (Å²) in [6, 6.07) is 11.1. The van der Waals surface area contributed by atoms with Gasteiger partial charge in [0.15, 0.2) is 6.61 Å². The van der Waals surface area contributed by atoms with Crippen molar-refractivity contribution in [1.82, 2.24) is 15.2 Å². The molecule has 0 bridgehead atoms. The number of nitrogens with zero attached hydrogens (tertiary/aromatic N) is 2. The second-order valence-corrected chi connectivity index (χ2v) is 7.51. The lowest BCUT2D eigenvalue weighted by atomic mass is 10.2. The fourth-order valence-corrected chi connectivity index (χ4v) is 3.15. The molecule has 0 atom stereocenters. The highest BCUT2D eigenvalue weighted by molar-refractivity contribution is 7.99. The van der Waals surface area contributed by atoms with Crippen molar-refractivity contribution in [3.05, 3.63) is 53.7 Å². The number of likely N-dealkylation sites (N-methyl/N-ethyl adjacent to an activating group) is 1. The number of hydrogen-bond acceptors (Lipinski definition) is 6. The van der Waals surface area contributed by atoms with Crippen molar-refractivity contribution in [3.63, 3.8) is 0 Å². The van der Waals surface area contributed by atoms with Crippen molar-refractivity contribution in [2.45, 2.75) is 30.2 Å². The van der Waals surface area contributed by atoms with E-state index in [1.807, 2.05) is 38.1 Å². The van der Waals surface area contributed by atoms with Crippen molar-refractivity contribution in [2.24, 2.45) is 0 Å². The molecule has 0 saturated heterocycles. The summed E-state index contributed by atoms with van der Waals surface area (Å²) in [5.74, 6) is -1.34. The quantitative estimate of drug-likeness (QED) is 0.634. The summed E-state index contributed by atoms with van der Waals surface area (Å²) in [4.78, 5) is 42.7. The van der Waals surface area contributed by atoms with Gasteiger partial charge < -0.3 is 15.0 Å². The van der Waals surface area contributed by atoms with E-state index in [2.05, 4.69) is 10.3 Å². The number of carbonyl (C=O) groups is 3. The van der Waals surface area contributed by atoms with Crippen LogP contribution >= 0.6 is 11.8 Å². The normalized spacial score (nSPS) is 10.3. The van der Waals surface area contributed by atoms with Crippen LogP contribution in [0.15, 0.2) is 52.5 Å². The van der Waals surface area contributed by atoms with Crippen molar-refractivity contribution in [2.75, 3.05) is 26.7 Å². The Bertz CT molecular complexity index is 855. The summed E-state index contributed by atoms with van der Waals surface area (Å²) in [5, 5.41) is 3.19. The number of esters is 1. The number of hydrogen-bond donors (Lipinski definition) is 1. The maximum absolute atomic E-state index is 12.5. The Kier molecular flexibility index (Phi) is 8.67. The standard InChI is InChI=1S/C21H25N3O4S/c1-4-11-22-18(25)13-24(3)19(26)14-28-21(27)17-6-5-12-23-20(17)29-16-9-7-15(2)8-10-16/h5-10,12H,4,11,13-14H2,1-3H3,(H,22,25). The van der Waals surface area contributed by atoms with Crippen LogP contribution in [0.4, 0.5) is 0 Å². The minimum atomic E-state index is -0.634. The first kappa shape index (κ1) is 22.4. The van der Waals surface area contributed by atoms with Gasteiger partial charge in [0.25, 0.3) is 5.91 Å². The molecule has 0 spiro atoms. The lowest BCUT2D eigenvalue weighted by Crippen LogP contribution is -2.40. The number of carbonyl (C=O) groups excluding carboxylic acids is 3. The van der Waals surface area contributed by atoms with E-state index in [1.165, 1.54) is 23.7 Å². The molecule has 2 rings (SSSR count). The molecule has 1 aromatic heterocycles. The van der Waals surface area contributed by atoms with Gasteiger partial charge in [-0.1, -0.05) is 36.4 Å². The topological polar surface area (TPSA) is 88.6 Å². The molecule has 0 aliphatic rings. The molecule has 2 amide bonds. The zero-order valence-corrected chi connectivity index (χ0v) is 17.6. The van der Waals surface area contributed by atoms with E-state index >= 15 is 0 Å². The first-order valence-electron chi connectivity index (χ1n) is 9.28. The highest BCUT2D eigenvalue weighted by Crippen LogP contribution is 2.29. The fourth-order valence-electron chi connectivity index (χ4n) is 2.28. The molecule has 0 saturated carbocycles. The molecule has 0 radical (unpaired) electrons. The van der Waals surface area contributed by atoms with Crippen LogP contribution < -0.4 is 5.32 Å². The van der Waals surface area contributed by atoms with Crippen molar-refractivity contribution in [1.29, 1.82) is 0 Å². The Morgan fingerprint density at radius 1 is 1.17 bits per heavy atom. The molecule has 0 unspecified atom stereocenters. The van der Waals surface area contributed by atoms with Crippen LogP contribution in [0.1, 0.15) is 29.3 Å². The molecule has 0 aliphatic heterocycles. The molecular formula is C21H25N3O4S. The third-order valence-electron chi connectivity index (χ3n) is 3.93. The number of ether oxygens (including phenoxy) is 1. The maximum atomic E-state index is 12.5. The second kappa shape index (κ2) is 11.2. The number of aryl methyl sites for hydroxylation is 1. The number of pyridine rings is 1. The summed E-state index contributed by atoms with van der Waals surface area (Å²) in [7, 11) is 1.49. The van der Waals surface area contributed by atoms with Crippen LogP contribution in [0.5, 0.6) is 0 Å². The molecule has 1 N–H and O–H groups in total. The molecule has 1 heterocycles. The van der Waals surface area contributed by atoms with E-state index in [0.29, 0.717) is 11.6 Å². The van der Waals surface area contributed by atoms with Crippen molar-refractivity contribution < 1.29 is 19.1 Å². The van der Waals surface area contributed by atoms with E-state index in [4.69, 9.17) is 4.74 Å². The zero-order chi connectivity index (χ0) is 21.2. The maximum Gasteiger partial charge on any atom is 0.341 e. The van der Waals surface area contributed by atoms with Gasteiger partial charge in [0, 0.05) is 24.7 Å². The van der Waals surface area contributed by atoms with Crippen LogP contribution in [0.25, 0.3) is 0 Å². The Morgan fingerprint density at radius 2 is 1.90 bits per heavy atom. The molecule has 0 aliphatic carbocycles. The average molecular weight is 416 g/mol. The van der Waals surface area contributed by atoms with Gasteiger partial charge in [0.2, 0.25) is 5.91 Å². The summed E-state index contributed by atoms with van der Waals surface area (Å²) in [6.45, 7) is 3.97. The zero-order valence-electron chi connectivity index (χ0n) is 16.8. The number of benzene rings is 1. The monoisotopic (exact) mass is 415 g/mol. The van der Waals surface area contributed by atoms with Crippen LogP contribution in [0.2, 0.25) is 0 Å². The SMILES string of the molecule is CCCNC(=O)CN(C)C(=O)COC(=O)c1cccnc1Sc1ccc(C)cc1. The molecule has 154 valence electrons. The summed E-state index contributed by atoms with van der Waals surface area (Å²) in [6.07, 6.45) is 2.41. The summed E-state index contributed by atoms with van der Waals surface area (Å²) >= 11 is 1.35. The minimum Gasteiger partial charge on any atom is -0.452 e. The largest absolute Gasteiger partial charge is 0.452 e. The average Bonchev–Trinajstić information content (AvgIpc) is 2.72. The van der Waals surface area contributed by atoms with Crippen molar-refractivity contribution >= 4 is 29.5 Å². The van der Waals surface area contributed by atoms with Crippen LogP contribution in [-0.2, 0) is 14.3 Å². The van der Waals surface area contributed by atoms with Crippen LogP contribution in [-0.4, -0.2) is 54.4 Å². The highest BCUT2D eigenvalue weighted by atomic mass is 32.2. The Labute approximate surface area is 174 Å². The fraction of sp³-hybridized carbons (Fsp3) is 0.333. The van der Waals surface area contributed by atoms with Crippen LogP contribution in [0.3, 0.4) is 0 Å². The van der Waals surface area contributed by atoms with Crippen molar-refractivity contribution in [3.8, 4) is 0 Å². The van der Waals surface area contributed by atoms with Gasteiger partial charge in [0.05, 0.1) is 12.1 Å². The minimum absolute atomic E-state index is 0.0855. The van der Waals surface area contributed by atoms with Gasteiger partial charge in [-0.05, 0) is 37.6 Å². The Balaban J connectivity index is 1.94. The smallest absolute Gasteiger partial charge is 0.341 e. The highest BCUT2D eigenvalue weighted by Gasteiger charge is 2.18. The van der Waals surface area contributed by atoms with E-state index in [9.17, 15) is 14.4 Å². The molecular weight excluding hydrogens is 390 g/mol. The Morgan fingerprint density at radius 3 is 2.59 bits per heavy atom. The van der Waals surface area contributed by atoms with Gasteiger partial charge >= 0.3 is 5.97 Å². The predicted molar refractivity (Wildman–Crippen MR) is 111 cm³/mol. The molecule has 0 fully saturated rings. The molecule has 8 heteroatoms. The third-order valence-corrected chi connectivity index (χ3v) is 4.96. The van der Waals surface area contributed by atoms with Gasteiger partial charge in [0.1, 0.15) is 5.03 Å². The van der Waals surface area contributed by atoms with E-state index in [-0.39, 0.29) is 18.0 Å².